The first-order chi connectivity index (χ1) is 19.0. The van der Waals surface area contributed by atoms with Gasteiger partial charge in [0.15, 0.2) is 11.6 Å². The average Bonchev–Trinajstić information content (AvgIpc) is 3.37. The van der Waals surface area contributed by atoms with Crippen LogP contribution in [0.5, 0.6) is 11.5 Å². The SMILES string of the molecule is CCOc1cc(OC[C@H]2COCCN2)c2c(Nc3cnn(CC(=O)Nc4cccc(F)c4F)c3)ncnc2c1. The fourth-order valence-electron chi connectivity index (χ4n) is 4.09. The average molecular weight is 540 g/mol. The van der Waals surface area contributed by atoms with Crippen LogP contribution in [0, 0.1) is 11.6 Å². The molecule has 13 heteroatoms. The van der Waals surface area contributed by atoms with Gasteiger partial charge in [-0.3, -0.25) is 9.48 Å². The van der Waals surface area contributed by atoms with Gasteiger partial charge in [0.1, 0.15) is 36.8 Å². The van der Waals surface area contributed by atoms with Crippen LogP contribution in [0.4, 0.5) is 26.0 Å². The molecule has 5 rings (SSSR count). The highest BCUT2D eigenvalue weighted by Gasteiger charge is 2.18. The lowest BCUT2D eigenvalue weighted by Gasteiger charge is -2.24. The van der Waals surface area contributed by atoms with Crippen LogP contribution in [0.3, 0.4) is 0 Å². The van der Waals surface area contributed by atoms with Gasteiger partial charge in [-0.1, -0.05) is 6.07 Å². The number of hydrogen-bond acceptors (Lipinski definition) is 9. The van der Waals surface area contributed by atoms with E-state index in [2.05, 4.69) is 31.0 Å². The highest BCUT2D eigenvalue weighted by Crippen LogP contribution is 2.35. The number of carbonyl (C=O) groups is 1. The molecule has 39 heavy (non-hydrogen) atoms. The van der Waals surface area contributed by atoms with Gasteiger partial charge in [0.25, 0.3) is 0 Å². The number of rotatable bonds is 10. The van der Waals surface area contributed by atoms with Crippen LogP contribution in [0.15, 0.2) is 49.1 Å². The fourth-order valence-corrected chi connectivity index (χ4v) is 4.09. The maximum Gasteiger partial charge on any atom is 0.246 e. The molecule has 11 nitrogen and oxygen atoms in total. The number of nitrogens with zero attached hydrogens (tertiary/aromatic N) is 4. The van der Waals surface area contributed by atoms with Gasteiger partial charge in [-0.15, -0.1) is 0 Å². The summed E-state index contributed by atoms with van der Waals surface area (Å²) in [5, 5.41) is 13.7. The number of aromatic nitrogens is 4. The number of fused-ring (bicyclic) bond motifs is 1. The lowest BCUT2D eigenvalue weighted by atomic mass is 10.2. The maximum absolute atomic E-state index is 13.9. The zero-order chi connectivity index (χ0) is 27.2. The minimum Gasteiger partial charge on any atom is -0.494 e. The Morgan fingerprint density at radius 1 is 1.26 bits per heavy atom. The monoisotopic (exact) mass is 539 g/mol. The van der Waals surface area contributed by atoms with E-state index in [4.69, 9.17) is 14.2 Å². The van der Waals surface area contributed by atoms with Crippen LogP contribution in [-0.4, -0.2) is 64.7 Å². The van der Waals surface area contributed by atoms with Crippen LogP contribution in [0.2, 0.25) is 0 Å². The molecule has 1 aliphatic heterocycles. The Kier molecular flexibility index (Phi) is 8.08. The van der Waals surface area contributed by atoms with Crippen molar-refractivity contribution in [2.75, 3.05) is 43.6 Å². The van der Waals surface area contributed by atoms with E-state index in [0.29, 0.717) is 60.3 Å². The summed E-state index contributed by atoms with van der Waals surface area (Å²) < 4.78 is 46.1. The second-order valence-corrected chi connectivity index (χ2v) is 8.71. The fraction of sp³-hybridized carbons (Fsp3) is 0.308. The topological polar surface area (TPSA) is 124 Å². The minimum atomic E-state index is -1.12. The third-order valence-corrected chi connectivity index (χ3v) is 5.85. The number of morpholine rings is 1. The van der Waals surface area contributed by atoms with Crippen LogP contribution in [0.1, 0.15) is 6.92 Å². The Morgan fingerprint density at radius 2 is 2.15 bits per heavy atom. The summed E-state index contributed by atoms with van der Waals surface area (Å²) in [6.07, 6.45) is 4.53. The Morgan fingerprint density at radius 3 is 2.97 bits per heavy atom. The first-order valence-corrected chi connectivity index (χ1v) is 12.4. The molecule has 1 aliphatic rings. The molecule has 204 valence electrons. The van der Waals surface area contributed by atoms with E-state index in [1.54, 1.807) is 18.3 Å². The number of hydrogen-bond donors (Lipinski definition) is 3. The van der Waals surface area contributed by atoms with Gasteiger partial charge in [-0.2, -0.15) is 5.10 Å². The van der Waals surface area contributed by atoms with E-state index in [-0.39, 0.29) is 18.3 Å². The first-order valence-electron chi connectivity index (χ1n) is 12.4. The van der Waals surface area contributed by atoms with Crippen LogP contribution >= 0.6 is 0 Å². The van der Waals surface area contributed by atoms with Gasteiger partial charge in [0, 0.05) is 24.9 Å². The Labute approximate surface area is 222 Å². The van der Waals surface area contributed by atoms with Crippen LogP contribution < -0.4 is 25.4 Å². The Bertz CT molecular complexity index is 1460. The number of nitrogens with one attached hydrogen (secondary N) is 3. The van der Waals surface area contributed by atoms with Gasteiger partial charge in [0.2, 0.25) is 5.91 Å². The Balaban J connectivity index is 1.33. The summed E-state index contributed by atoms with van der Waals surface area (Å²) >= 11 is 0. The van der Waals surface area contributed by atoms with Crippen molar-refractivity contribution < 1.29 is 27.8 Å². The summed E-state index contributed by atoms with van der Waals surface area (Å²) in [6, 6.07) is 7.20. The molecule has 0 radical (unpaired) electrons. The molecule has 1 atom stereocenters. The summed E-state index contributed by atoms with van der Waals surface area (Å²) in [5.74, 6) is -1.11. The zero-order valence-corrected chi connectivity index (χ0v) is 21.1. The lowest BCUT2D eigenvalue weighted by molar-refractivity contribution is -0.116. The predicted molar refractivity (Wildman–Crippen MR) is 139 cm³/mol. The molecule has 0 saturated carbocycles. The highest BCUT2D eigenvalue weighted by atomic mass is 19.2. The molecule has 1 fully saturated rings. The van der Waals surface area contributed by atoms with Crippen molar-refractivity contribution in [3.8, 4) is 11.5 Å². The third-order valence-electron chi connectivity index (χ3n) is 5.85. The number of ether oxygens (including phenoxy) is 3. The molecule has 1 amide bonds. The van der Waals surface area contributed by atoms with E-state index in [1.165, 1.54) is 29.3 Å². The van der Waals surface area contributed by atoms with E-state index < -0.39 is 17.5 Å². The predicted octanol–water partition coefficient (Wildman–Crippen LogP) is 3.25. The maximum atomic E-state index is 13.9. The van der Waals surface area contributed by atoms with Gasteiger partial charge in [0.05, 0.1) is 54.3 Å². The lowest BCUT2D eigenvalue weighted by Crippen LogP contribution is -2.44. The number of amides is 1. The van der Waals surface area contributed by atoms with Gasteiger partial charge >= 0.3 is 0 Å². The molecule has 3 heterocycles. The van der Waals surface area contributed by atoms with Crippen molar-refractivity contribution >= 4 is 34.0 Å². The molecule has 2 aromatic carbocycles. The molecular formula is C26H27F2N7O4. The van der Waals surface area contributed by atoms with Crippen molar-refractivity contribution in [2.45, 2.75) is 19.5 Å². The molecule has 0 aliphatic carbocycles. The van der Waals surface area contributed by atoms with Crippen molar-refractivity contribution in [3.63, 3.8) is 0 Å². The van der Waals surface area contributed by atoms with E-state index in [1.807, 2.05) is 6.92 Å². The van der Waals surface area contributed by atoms with Gasteiger partial charge in [-0.25, -0.2) is 18.7 Å². The molecule has 3 N–H and O–H groups in total. The smallest absolute Gasteiger partial charge is 0.246 e. The molecule has 4 aromatic rings. The third kappa shape index (κ3) is 6.38. The standard InChI is InChI=1S/C26H27F2N7O4/c1-2-38-18-8-21-24(22(9-18)39-14-17-13-37-7-6-29-17)26(31-15-30-21)33-16-10-32-35(11-16)12-23(36)34-20-5-3-4-19(27)25(20)28/h3-5,8-11,15,17,29H,2,6-7,12-14H2,1H3,(H,34,36)(H,30,31,33)/t17-/m1/s1. The quantitative estimate of drug-likeness (QED) is 0.279. The van der Waals surface area contributed by atoms with Crippen molar-refractivity contribution in [1.29, 1.82) is 0 Å². The van der Waals surface area contributed by atoms with E-state index in [0.717, 1.165) is 12.6 Å². The number of carbonyl (C=O) groups excluding carboxylic acids is 1. The second kappa shape index (κ2) is 12.0. The van der Waals surface area contributed by atoms with Gasteiger partial charge < -0.3 is 30.2 Å². The van der Waals surface area contributed by atoms with Gasteiger partial charge in [-0.05, 0) is 19.1 Å². The van der Waals surface area contributed by atoms with E-state index in [9.17, 15) is 13.6 Å². The molecule has 2 aromatic heterocycles. The summed E-state index contributed by atoms with van der Waals surface area (Å²) in [4.78, 5) is 21.2. The summed E-state index contributed by atoms with van der Waals surface area (Å²) in [5.41, 5.74) is 0.916. The van der Waals surface area contributed by atoms with Crippen molar-refractivity contribution in [3.05, 3.63) is 60.7 Å². The van der Waals surface area contributed by atoms with Crippen molar-refractivity contribution in [1.82, 2.24) is 25.1 Å². The number of benzene rings is 2. The summed E-state index contributed by atoms with van der Waals surface area (Å²) in [7, 11) is 0. The number of halogens is 2. The van der Waals surface area contributed by atoms with Crippen LogP contribution in [0.25, 0.3) is 10.9 Å². The molecule has 0 spiro atoms. The minimum absolute atomic E-state index is 0.0378. The molecule has 1 saturated heterocycles. The van der Waals surface area contributed by atoms with E-state index >= 15 is 0 Å². The largest absolute Gasteiger partial charge is 0.494 e. The Hall–Kier alpha value is -4.36. The zero-order valence-electron chi connectivity index (χ0n) is 21.1. The highest BCUT2D eigenvalue weighted by molar-refractivity contribution is 5.96. The molecule has 0 bridgehead atoms. The summed E-state index contributed by atoms with van der Waals surface area (Å²) in [6.45, 7) is 4.50. The molecule has 0 unspecified atom stereocenters. The van der Waals surface area contributed by atoms with Crippen molar-refractivity contribution in [2.24, 2.45) is 0 Å². The normalized spacial score (nSPS) is 15.2. The van der Waals surface area contributed by atoms with Crippen LogP contribution in [-0.2, 0) is 16.1 Å². The number of anilines is 3. The second-order valence-electron chi connectivity index (χ2n) is 8.71. The first kappa shape index (κ1) is 26.3. The molecular weight excluding hydrogens is 512 g/mol.